The third-order valence-corrected chi connectivity index (χ3v) is 20.1. The Labute approximate surface area is 720 Å². The van der Waals surface area contributed by atoms with Crippen molar-refractivity contribution in [1.82, 2.24) is 59.8 Å². The van der Waals surface area contributed by atoms with Gasteiger partial charge in [-0.25, -0.2) is 59.8 Å². The Morgan fingerprint density at radius 3 is 0.541 bits per heavy atom. The second-order valence-electron chi connectivity index (χ2n) is 35.1. The van der Waals surface area contributed by atoms with Crippen LogP contribution in [0, 0.1) is 0 Å². The minimum absolute atomic E-state index is 0.0179. The SMILES string of the molecule is CC(C)(C)c1cc(-c2ccccc2)nc(-c2ccccc2)n1.CC(C)(C)c1ccc(-c2nc(-c3ccccc3)cc(-c3ccccc3)n2)cc1.CC(C)(C)c1ccc(-c2nc(-c3ccccc3)nc(-c3ccccc3)n2)cc1.CC(C)(C)c1nc(-c2ccccc2)cc(-c2ccccc2)n1.CC(C)(C)c1nc(-c2ccccc2)nc(-c2ccccc2)n1. The maximum Gasteiger partial charge on any atom is 0.164 e. The number of hydrogen-bond acceptors (Lipinski definition) is 12. The predicted octanol–water partition coefficient (Wildman–Crippen LogP) is 27.7. The van der Waals surface area contributed by atoms with Crippen LogP contribution in [0.2, 0.25) is 0 Å². The molecule has 0 fully saturated rings. The Hall–Kier alpha value is -14.1. The highest BCUT2D eigenvalue weighted by Crippen LogP contribution is 2.35. The molecule has 0 N–H and O–H groups in total. The standard InChI is InChI=1S/C26H24N2.C25H23N3.2C20H20N2.C19H19N3/c1-26(2,3)22-16-14-21(15-17-22)25-27-23(19-10-6-4-7-11-19)18-24(28-25)20-12-8-5-9-13-20;1-25(2,3)21-16-14-20(15-17-21)24-27-22(18-10-6-4-7-11-18)26-23(28-24)19-12-8-5-9-13-19;1-20(2,3)18-14-17(15-10-6-4-7-11-15)21-19(22-18)16-12-8-5-9-13-16;1-20(2,3)19-21-17(15-10-6-4-7-11-15)14-18(22-19)16-12-8-5-9-13-16;1-19(2,3)18-21-16(14-10-6-4-7-11-14)20-17(22-18)15-12-8-5-9-13-15/h4-18H,1-3H3;4-17H,1-3H3;2*4-14H,1-3H3;4-13H,1-3H3. The molecule has 12 nitrogen and oxygen atoms in total. The van der Waals surface area contributed by atoms with Crippen LogP contribution < -0.4 is 0 Å². The van der Waals surface area contributed by atoms with Crippen LogP contribution in [-0.2, 0) is 27.1 Å². The largest absolute Gasteiger partial charge is 0.232 e. The first-order valence-corrected chi connectivity index (χ1v) is 41.6. The van der Waals surface area contributed by atoms with Crippen LogP contribution in [0.3, 0.4) is 0 Å². The van der Waals surface area contributed by atoms with E-state index in [-0.39, 0.29) is 27.1 Å². The lowest BCUT2D eigenvalue weighted by Gasteiger charge is -2.19. The average Bonchev–Trinajstić information content (AvgIpc) is 0.815. The molecule has 0 aliphatic carbocycles. The highest BCUT2D eigenvalue weighted by molar-refractivity contribution is 5.74. The smallest absolute Gasteiger partial charge is 0.164 e. The minimum atomic E-state index is -0.129. The second kappa shape index (κ2) is 38.7. The van der Waals surface area contributed by atoms with Gasteiger partial charge in [0, 0.05) is 83.0 Å². The summed E-state index contributed by atoms with van der Waals surface area (Å²) in [5, 5.41) is 0. The summed E-state index contributed by atoms with van der Waals surface area (Å²) in [6.45, 7) is 32.6. The van der Waals surface area contributed by atoms with Crippen LogP contribution in [0.1, 0.15) is 132 Å². The first-order valence-electron chi connectivity index (χ1n) is 41.6. The Bertz CT molecular complexity index is 5380. The molecule has 606 valence electrons. The molecule has 0 aliphatic heterocycles. The lowest BCUT2D eigenvalue weighted by atomic mass is 9.86. The molecule has 122 heavy (non-hydrogen) atoms. The molecule has 0 saturated heterocycles. The third kappa shape index (κ3) is 23.2. The van der Waals surface area contributed by atoms with E-state index in [9.17, 15) is 0 Å². The molecule has 5 aromatic heterocycles. The van der Waals surface area contributed by atoms with Gasteiger partial charge in [-0.1, -0.05) is 456 Å². The summed E-state index contributed by atoms with van der Waals surface area (Å²) < 4.78 is 0. The molecule has 0 unspecified atom stereocenters. The highest BCUT2D eigenvalue weighted by Gasteiger charge is 2.25. The predicted molar refractivity (Wildman–Crippen MR) is 504 cm³/mol. The number of nitrogens with zero attached hydrogens (tertiary/aromatic N) is 12. The molecule has 12 aromatic carbocycles. The monoisotopic (exact) mass is 1590 g/mol. The van der Waals surface area contributed by atoms with E-state index in [0.29, 0.717) is 17.5 Å². The van der Waals surface area contributed by atoms with Crippen molar-refractivity contribution in [3.05, 3.63) is 399 Å². The average molecular weight is 1600 g/mol. The number of benzene rings is 12. The van der Waals surface area contributed by atoms with Gasteiger partial charge in [0.15, 0.2) is 40.8 Å². The van der Waals surface area contributed by atoms with Gasteiger partial charge in [0.05, 0.1) is 34.2 Å². The minimum Gasteiger partial charge on any atom is -0.232 e. The summed E-state index contributed by atoms with van der Waals surface area (Å²) in [5.41, 5.74) is 21.0. The first-order chi connectivity index (χ1) is 58.6. The zero-order valence-electron chi connectivity index (χ0n) is 72.6. The summed E-state index contributed by atoms with van der Waals surface area (Å²) in [5.74, 6) is 6.71. The van der Waals surface area contributed by atoms with Gasteiger partial charge < -0.3 is 0 Å². The van der Waals surface area contributed by atoms with Gasteiger partial charge in [0.25, 0.3) is 0 Å². The van der Waals surface area contributed by atoms with Crippen molar-refractivity contribution in [2.45, 2.75) is 131 Å². The van der Waals surface area contributed by atoms with E-state index in [1.807, 2.05) is 231 Å². The zero-order chi connectivity index (χ0) is 85.9. The van der Waals surface area contributed by atoms with Crippen molar-refractivity contribution in [2.24, 2.45) is 0 Å². The molecule has 0 radical (unpaired) electrons. The van der Waals surface area contributed by atoms with Gasteiger partial charge >= 0.3 is 0 Å². The molecule has 0 aliphatic rings. The molecule has 12 heteroatoms. The van der Waals surface area contributed by atoms with Gasteiger partial charge in [-0.2, -0.15) is 0 Å². The fourth-order valence-corrected chi connectivity index (χ4v) is 13.0. The molecule has 0 spiro atoms. The molecule has 0 amide bonds. The van der Waals surface area contributed by atoms with Gasteiger partial charge in [0.2, 0.25) is 0 Å². The number of hydrogen-bond donors (Lipinski definition) is 0. The normalized spacial score (nSPS) is 11.4. The molecular weight excluding hydrogens is 1490 g/mol. The fourth-order valence-electron chi connectivity index (χ4n) is 13.0. The summed E-state index contributed by atoms with van der Waals surface area (Å²) in [7, 11) is 0. The molecule has 17 aromatic rings. The second-order valence-corrected chi connectivity index (χ2v) is 35.1. The van der Waals surface area contributed by atoms with E-state index < -0.39 is 0 Å². The van der Waals surface area contributed by atoms with Crippen LogP contribution in [0.15, 0.2) is 370 Å². The molecule has 0 saturated carbocycles. The highest BCUT2D eigenvalue weighted by atomic mass is 15.1. The number of rotatable bonds is 12. The van der Waals surface area contributed by atoms with E-state index in [1.54, 1.807) is 0 Å². The van der Waals surface area contributed by atoms with E-state index in [1.165, 1.54) is 11.1 Å². The summed E-state index contributed by atoms with van der Waals surface area (Å²) in [4.78, 5) is 57.2. The van der Waals surface area contributed by atoms with Gasteiger partial charge in [-0.05, 0) is 40.2 Å². The van der Waals surface area contributed by atoms with Crippen molar-refractivity contribution in [3.63, 3.8) is 0 Å². The van der Waals surface area contributed by atoms with Crippen LogP contribution in [0.25, 0.3) is 136 Å². The first kappa shape index (κ1) is 85.8. The number of aromatic nitrogens is 12. The molecular formula is C110H106N12. The van der Waals surface area contributed by atoms with E-state index in [4.69, 9.17) is 44.9 Å². The van der Waals surface area contributed by atoms with E-state index >= 15 is 0 Å². The summed E-state index contributed by atoms with van der Waals surface area (Å²) in [6, 6.07) is 125. The van der Waals surface area contributed by atoms with Gasteiger partial charge in [0.1, 0.15) is 11.6 Å². The van der Waals surface area contributed by atoms with Crippen LogP contribution in [0.5, 0.6) is 0 Å². The Morgan fingerprint density at radius 1 is 0.139 bits per heavy atom. The lowest BCUT2D eigenvalue weighted by Crippen LogP contribution is -2.18. The molecule has 0 bridgehead atoms. The van der Waals surface area contributed by atoms with Gasteiger partial charge in [-0.15, -0.1) is 0 Å². The van der Waals surface area contributed by atoms with Gasteiger partial charge in [-0.3, -0.25) is 0 Å². The van der Waals surface area contributed by atoms with Crippen LogP contribution in [0.4, 0.5) is 0 Å². The van der Waals surface area contributed by atoms with Crippen molar-refractivity contribution in [3.8, 4) is 136 Å². The Kier molecular flexibility index (Phi) is 27.2. The van der Waals surface area contributed by atoms with Crippen molar-refractivity contribution >= 4 is 0 Å². The van der Waals surface area contributed by atoms with E-state index in [2.05, 4.69) is 258 Å². The maximum atomic E-state index is 4.88. The Morgan fingerprint density at radius 2 is 0.320 bits per heavy atom. The Balaban J connectivity index is 0.000000132. The van der Waals surface area contributed by atoms with Crippen molar-refractivity contribution in [1.29, 1.82) is 0 Å². The van der Waals surface area contributed by atoms with Crippen molar-refractivity contribution in [2.75, 3.05) is 0 Å². The molecule has 0 atom stereocenters. The summed E-state index contributed by atoms with van der Waals surface area (Å²) >= 11 is 0. The molecule has 17 rings (SSSR count). The summed E-state index contributed by atoms with van der Waals surface area (Å²) in [6.07, 6.45) is 0. The zero-order valence-corrected chi connectivity index (χ0v) is 72.6. The third-order valence-electron chi connectivity index (χ3n) is 20.1. The fraction of sp³-hybridized carbons (Fsp3) is 0.182. The quantitative estimate of drug-likeness (QED) is 0.114. The lowest BCUT2D eigenvalue weighted by molar-refractivity contribution is 0.543. The van der Waals surface area contributed by atoms with E-state index in [0.717, 1.165) is 136 Å². The molecule has 5 heterocycles. The maximum absolute atomic E-state index is 4.88. The van der Waals surface area contributed by atoms with Crippen LogP contribution >= 0.6 is 0 Å². The van der Waals surface area contributed by atoms with Crippen molar-refractivity contribution < 1.29 is 0 Å². The topological polar surface area (TPSA) is 155 Å². The van der Waals surface area contributed by atoms with Crippen LogP contribution in [-0.4, -0.2) is 59.8 Å².